The van der Waals surface area contributed by atoms with Gasteiger partial charge in [-0.2, -0.15) is 0 Å². The van der Waals surface area contributed by atoms with Crippen LogP contribution in [0.5, 0.6) is 5.75 Å². The van der Waals surface area contributed by atoms with Gasteiger partial charge in [0, 0.05) is 17.5 Å². The van der Waals surface area contributed by atoms with Crippen molar-refractivity contribution in [3.8, 4) is 17.1 Å². The molecule has 15 heavy (non-hydrogen) atoms. The van der Waals surface area contributed by atoms with Gasteiger partial charge in [0.1, 0.15) is 11.6 Å². The summed E-state index contributed by atoms with van der Waals surface area (Å²) >= 11 is 0. The molecule has 0 aliphatic heterocycles. The van der Waals surface area contributed by atoms with Crippen LogP contribution in [0.3, 0.4) is 0 Å². The van der Waals surface area contributed by atoms with E-state index in [0.717, 1.165) is 22.8 Å². The lowest BCUT2D eigenvalue weighted by Crippen LogP contribution is -1.83. The van der Waals surface area contributed by atoms with E-state index in [2.05, 4.69) is 9.97 Å². The summed E-state index contributed by atoms with van der Waals surface area (Å²) in [6.07, 6.45) is 1.82. The lowest BCUT2D eigenvalue weighted by Gasteiger charge is -2.00. The third-order valence-electron chi connectivity index (χ3n) is 2.07. The van der Waals surface area contributed by atoms with Crippen LogP contribution in [0.15, 0.2) is 30.5 Å². The fraction of sp³-hybridized carbons (Fsp3) is 0.250. The number of nitrogens with zero attached hydrogens (tertiary/aromatic N) is 1. The van der Waals surface area contributed by atoms with Crippen molar-refractivity contribution < 1.29 is 4.74 Å². The molecule has 3 heteroatoms. The van der Waals surface area contributed by atoms with E-state index >= 15 is 0 Å². The summed E-state index contributed by atoms with van der Waals surface area (Å²) in [5.41, 5.74) is 2.13. The van der Waals surface area contributed by atoms with E-state index in [1.165, 1.54) is 0 Å². The summed E-state index contributed by atoms with van der Waals surface area (Å²) in [6, 6.07) is 7.81. The molecule has 0 radical (unpaired) electrons. The minimum Gasteiger partial charge on any atom is -0.497 e. The number of benzene rings is 1. The minimum absolute atomic E-state index is 0. The van der Waals surface area contributed by atoms with Crippen LogP contribution in [0, 0.1) is 6.92 Å². The zero-order valence-electron chi connectivity index (χ0n) is 8.24. The first-order valence-corrected chi connectivity index (χ1v) is 4.45. The molecule has 2 rings (SSSR count). The number of aromatic nitrogens is 2. The molecule has 1 heterocycles. The summed E-state index contributed by atoms with van der Waals surface area (Å²) in [5, 5.41) is 0. The molecule has 2 aromatic rings. The molecule has 0 unspecified atom stereocenters. The Hall–Kier alpha value is -1.77. The standard InChI is InChI=1S/C11H12N2O.CH4/c1-8-7-12-11(13-8)9-3-5-10(14-2)6-4-9;/h3-7H,1-2H3,(H,12,13);1H4. The van der Waals surface area contributed by atoms with Crippen molar-refractivity contribution in [2.24, 2.45) is 0 Å². The summed E-state index contributed by atoms with van der Waals surface area (Å²) in [7, 11) is 1.66. The number of nitrogens with one attached hydrogen (secondary N) is 1. The Balaban J connectivity index is 0.00000112. The molecular weight excluding hydrogens is 188 g/mol. The van der Waals surface area contributed by atoms with Gasteiger partial charge in [0.2, 0.25) is 0 Å². The maximum absolute atomic E-state index is 5.08. The highest BCUT2D eigenvalue weighted by Gasteiger charge is 2.00. The Morgan fingerprint density at radius 3 is 2.33 bits per heavy atom. The number of aryl methyl sites for hydroxylation is 1. The van der Waals surface area contributed by atoms with Crippen LogP contribution < -0.4 is 4.74 Å². The molecule has 0 bridgehead atoms. The number of H-pyrrole nitrogens is 1. The van der Waals surface area contributed by atoms with Crippen LogP contribution in [-0.4, -0.2) is 17.1 Å². The quantitative estimate of drug-likeness (QED) is 0.816. The lowest BCUT2D eigenvalue weighted by atomic mass is 10.2. The molecule has 0 amide bonds. The summed E-state index contributed by atoms with van der Waals surface area (Å²) in [5.74, 6) is 1.75. The van der Waals surface area contributed by atoms with Crippen molar-refractivity contribution in [3.63, 3.8) is 0 Å². The van der Waals surface area contributed by atoms with Gasteiger partial charge in [-0.05, 0) is 31.2 Å². The third kappa shape index (κ3) is 2.37. The molecule has 0 saturated carbocycles. The molecule has 1 N–H and O–H groups in total. The first-order chi connectivity index (χ1) is 6.79. The molecule has 0 aliphatic carbocycles. The van der Waals surface area contributed by atoms with Crippen LogP contribution in [0.1, 0.15) is 13.1 Å². The topological polar surface area (TPSA) is 37.9 Å². The molecule has 0 fully saturated rings. The van der Waals surface area contributed by atoms with Crippen molar-refractivity contribution in [2.45, 2.75) is 14.4 Å². The summed E-state index contributed by atoms with van der Waals surface area (Å²) in [4.78, 5) is 7.42. The van der Waals surface area contributed by atoms with Gasteiger partial charge >= 0.3 is 0 Å². The van der Waals surface area contributed by atoms with Crippen molar-refractivity contribution in [3.05, 3.63) is 36.2 Å². The highest BCUT2D eigenvalue weighted by Crippen LogP contribution is 2.19. The molecule has 0 spiro atoms. The second-order valence-electron chi connectivity index (χ2n) is 3.14. The van der Waals surface area contributed by atoms with Crippen molar-refractivity contribution in [2.75, 3.05) is 7.11 Å². The van der Waals surface area contributed by atoms with E-state index in [4.69, 9.17) is 4.74 Å². The number of aromatic amines is 1. The Morgan fingerprint density at radius 1 is 1.20 bits per heavy atom. The van der Waals surface area contributed by atoms with Gasteiger partial charge in [0.05, 0.1) is 7.11 Å². The van der Waals surface area contributed by atoms with Gasteiger partial charge in [0.25, 0.3) is 0 Å². The zero-order valence-corrected chi connectivity index (χ0v) is 8.24. The number of methoxy groups -OCH3 is 1. The van der Waals surface area contributed by atoms with E-state index in [-0.39, 0.29) is 7.43 Å². The summed E-state index contributed by atoms with van der Waals surface area (Å²) < 4.78 is 5.08. The van der Waals surface area contributed by atoms with Crippen LogP contribution in [0.2, 0.25) is 0 Å². The van der Waals surface area contributed by atoms with E-state index < -0.39 is 0 Å². The van der Waals surface area contributed by atoms with Gasteiger partial charge in [-0.15, -0.1) is 0 Å². The normalized spacial score (nSPS) is 9.47. The highest BCUT2D eigenvalue weighted by atomic mass is 16.5. The number of hydrogen-bond acceptors (Lipinski definition) is 2. The van der Waals surface area contributed by atoms with Crippen LogP contribution >= 0.6 is 0 Å². The maximum atomic E-state index is 5.08. The Labute approximate surface area is 90.1 Å². The maximum Gasteiger partial charge on any atom is 0.137 e. The Kier molecular flexibility index (Phi) is 3.50. The zero-order chi connectivity index (χ0) is 9.97. The first-order valence-electron chi connectivity index (χ1n) is 4.45. The lowest BCUT2D eigenvalue weighted by molar-refractivity contribution is 0.415. The number of rotatable bonds is 2. The fourth-order valence-corrected chi connectivity index (χ4v) is 1.31. The van der Waals surface area contributed by atoms with Gasteiger partial charge in [-0.3, -0.25) is 0 Å². The smallest absolute Gasteiger partial charge is 0.137 e. The van der Waals surface area contributed by atoms with Crippen LogP contribution in [0.25, 0.3) is 11.4 Å². The van der Waals surface area contributed by atoms with Gasteiger partial charge < -0.3 is 9.72 Å². The SMILES string of the molecule is C.COc1ccc(-c2ncc(C)[nH]2)cc1. The monoisotopic (exact) mass is 204 g/mol. The average Bonchev–Trinajstić information content (AvgIpc) is 2.65. The molecule has 3 nitrogen and oxygen atoms in total. The third-order valence-corrected chi connectivity index (χ3v) is 2.07. The molecule has 1 aromatic carbocycles. The van der Waals surface area contributed by atoms with Gasteiger partial charge in [-0.1, -0.05) is 7.43 Å². The van der Waals surface area contributed by atoms with Gasteiger partial charge in [0.15, 0.2) is 0 Å². The van der Waals surface area contributed by atoms with E-state index in [1.807, 2.05) is 37.4 Å². The second-order valence-corrected chi connectivity index (χ2v) is 3.14. The van der Waals surface area contributed by atoms with Crippen LogP contribution in [-0.2, 0) is 0 Å². The summed E-state index contributed by atoms with van der Waals surface area (Å²) in [6.45, 7) is 1.99. The Bertz CT molecular complexity index is 417. The second kappa shape index (κ2) is 4.64. The van der Waals surface area contributed by atoms with E-state index in [9.17, 15) is 0 Å². The van der Waals surface area contributed by atoms with E-state index in [1.54, 1.807) is 7.11 Å². The van der Waals surface area contributed by atoms with Crippen molar-refractivity contribution in [1.82, 2.24) is 9.97 Å². The fourth-order valence-electron chi connectivity index (χ4n) is 1.31. The predicted octanol–water partition coefficient (Wildman–Crippen LogP) is 3.03. The highest BCUT2D eigenvalue weighted by molar-refractivity contribution is 5.56. The molecule has 0 atom stereocenters. The first kappa shape index (κ1) is 11.3. The number of imidazole rings is 1. The predicted molar refractivity (Wildman–Crippen MR) is 62.0 cm³/mol. The number of ether oxygens (including phenoxy) is 1. The molecular formula is C12H16N2O. The number of hydrogen-bond donors (Lipinski definition) is 1. The average molecular weight is 204 g/mol. The van der Waals surface area contributed by atoms with Crippen molar-refractivity contribution in [1.29, 1.82) is 0 Å². The minimum atomic E-state index is 0. The van der Waals surface area contributed by atoms with Crippen LogP contribution in [0.4, 0.5) is 0 Å². The Morgan fingerprint density at radius 2 is 1.87 bits per heavy atom. The largest absolute Gasteiger partial charge is 0.497 e. The van der Waals surface area contributed by atoms with E-state index in [0.29, 0.717) is 0 Å². The van der Waals surface area contributed by atoms with Gasteiger partial charge in [-0.25, -0.2) is 4.98 Å². The van der Waals surface area contributed by atoms with Crippen molar-refractivity contribution >= 4 is 0 Å². The molecule has 1 aromatic heterocycles. The molecule has 80 valence electrons. The molecule has 0 aliphatic rings. The molecule has 0 saturated heterocycles.